The molecule has 2 heterocycles. The van der Waals surface area contributed by atoms with Gasteiger partial charge in [0.05, 0.1) is 12.3 Å². The van der Waals surface area contributed by atoms with E-state index in [9.17, 15) is 14.4 Å². The maximum Gasteiger partial charge on any atom is 0.307 e. The van der Waals surface area contributed by atoms with Crippen molar-refractivity contribution in [3.63, 3.8) is 0 Å². The molecule has 0 spiro atoms. The van der Waals surface area contributed by atoms with Gasteiger partial charge in [0.25, 0.3) is 5.91 Å². The number of hydrogen-bond acceptors (Lipinski definition) is 7. The van der Waals surface area contributed by atoms with Crippen LogP contribution in [0.25, 0.3) is 0 Å². The van der Waals surface area contributed by atoms with Crippen LogP contribution in [-0.4, -0.2) is 50.6 Å². The maximum atomic E-state index is 13.4. The summed E-state index contributed by atoms with van der Waals surface area (Å²) >= 11 is 0. The van der Waals surface area contributed by atoms with Crippen molar-refractivity contribution in [3.8, 4) is 0 Å². The molecule has 9 heteroatoms. The van der Waals surface area contributed by atoms with E-state index in [-0.39, 0.29) is 18.3 Å². The number of nitrogens with zero attached hydrogens (tertiary/aromatic N) is 4. The lowest BCUT2D eigenvalue weighted by atomic mass is 9.89. The molecule has 1 unspecified atom stereocenters. The molecule has 0 radical (unpaired) electrons. The van der Waals surface area contributed by atoms with Gasteiger partial charge in [-0.2, -0.15) is 5.10 Å². The molecule has 2 atom stereocenters. The lowest BCUT2D eigenvalue weighted by Crippen LogP contribution is -2.45. The van der Waals surface area contributed by atoms with Crippen molar-refractivity contribution in [3.05, 3.63) is 18.5 Å². The van der Waals surface area contributed by atoms with Gasteiger partial charge in [-0.15, -0.1) is 0 Å². The zero-order valence-electron chi connectivity index (χ0n) is 18.4. The summed E-state index contributed by atoms with van der Waals surface area (Å²) in [6.07, 6.45) is 9.86. The molecule has 1 saturated carbocycles. The molecular weight excluding hydrogens is 398 g/mol. The zero-order chi connectivity index (χ0) is 22.4. The first-order valence-electron chi connectivity index (χ1n) is 10.9. The predicted molar refractivity (Wildman–Crippen MR) is 115 cm³/mol. The van der Waals surface area contributed by atoms with Gasteiger partial charge in [-0.1, -0.05) is 25.7 Å². The number of nitrogens with one attached hydrogen (secondary N) is 1. The highest BCUT2D eigenvalue weighted by Crippen LogP contribution is 2.33. The van der Waals surface area contributed by atoms with Crippen LogP contribution in [0, 0.1) is 11.8 Å². The molecule has 9 nitrogen and oxygen atoms in total. The summed E-state index contributed by atoms with van der Waals surface area (Å²) in [6, 6.07) is 0.857. The molecule has 3 rings (SSSR count). The SMILES string of the molecule is CC(C)(C)OC(=O)C[C@@H](CC1CCCC1)C(=O)N1N=CCC1C(=O)Nc1ncccn1. The minimum atomic E-state index is -0.791. The van der Waals surface area contributed by atoms with Gasteiger partial charge >= 0.3 is 5.97 Å². The number of aromatic nitrogens is 2. The Morgan fingerprint density at radius 3 is 2.52 bits per heavy atom. The molecule has 1 aliphatic carbocycles. The molecule has 0 bridgehead atoms. The first-order valence-corrected chi connectivity index (χ1v) is 10.9. The summed E-state index contributed by atoms with van der Waals surface area (Å²) in [4.78, 5) is 46.6. The highest BCUT2D eigenvalue weighted by molar-refractivity contribution is 5.99. The van der Waals surface area contributed by atoms with E-state index in [2.05, 4.69) is 20.4 Å². The van der Waals surface area contributed by atoms with E-state index in [0.717, 1.165) is 25.7 Å². The number of hydrogen-bond donors (Lipinski definition) is 1. The third-order valence-electron chi connectivity index (χ3n) is 5.43. The molecule has 31 heavy (non-hydrogen) atoms. The minimum Gasteiger partial charge on any atom is -0.460 e. The van der Waals surface area contributed by atoms with Gasteiger partial charge in [0, 0.05) is 25.0 Å². The van der Waals surface area contributed by atoms with E-state index in [4.69, 9.17) is 4.74 Å². The Morgan fingerprint density at radius 1 is 1.19 bits per heavy atom. The van der Waals surface area contributed by atoms with Crippen molar-refractivity contribution >= 4 is 29.9 Å². The lowest BCUT2D eigenvalue weighted by molar-refractivity contribution is -0.159. The highest BCUT2D eigenvalue weighted by Gasteiger charge is 2.39. The van der Waals surface area contributed by atoms with Crippen LogP contribution in [-0.2, 0) is 19.1 Å². The zero-order valence-corrected chi connectivity index (χ0v) is 18.4. The molecule has 1 aromatic rings. The van der Waals surface area contributed by atoms with Crippen LogP contribution in [0.2, 0.25) is 0 Å². The van der Waals surface area contributed by atoms with Gasteiger partial charge in [-0.05, 0) is 39.2 Å². The van der Waals surface area contributed by atoms with Crippen LogP contribution in [0.1, 0.15) is 65.7 Å². The summed E-state index contributed by atoms with van der Waals surface area (Å²) < 4.78 is 5.45. The maximum absolute atomic E-state index is 13.4. The van der Waals surface area contributed by atoms with E-state index in [1.807, 2.05) is 0 Å². The number of ether oxygens (including phenoxy) is 1. The third kappa shape index (κ3) is 6.57. The average molecular weight is 430 g/mol. The van der Waals surface area contributed by atoms with Crippen molar-refractivity contribution in [2.24, 2.45) is 16.9 Å². The van der Waals surface area contributed by atoms with Crippen LogP contribution in [0.15, 0.2) is 23.6 Å². The predicted octanol–water partition coefficient (Wildman–Crippen LogP) is 2.93. The normalized spacial score (nSPS) is 20.0. The molecule has 1 aromatic heterocycles. The van der Waals surface area contributed by atoms with E-state index < -0.39 is 29.4 Å². The highest BCUT2D eigenvalue weighted by atomic mass is 16.6. The Bertz CT molecular complexity index is 815. The van der Waals surface area contributed by atoms with Crippen molar-refractivity contribution < 1.29 is 19.1 Å². The van der Waals surface area contributed by atoms with E-state index >= 15 is 0 Å². The first kappa shape index (κ1) is 22.8. The second-order valence-corrected chi connectivity index (χ2v) is 9.17. The number of carbonyl (C=O) groups is 3. The van der Waals surface area contributed by atoms with Gasteiger partial charge in [0.2, 0.25) is 11.9 Å². The molecule has 168 valence electrons. The Labute approximate surface area is 182 Å². The Balaban J connectivity index is 1.70. The molecule has 1 aliphatic heterocycles. The fraction of sp³-hybridized carbons (Fsp3) is 0.636. The van der Waals surface area contributed by atoms with Gasteiger partial charge in [0.15, 0.2) is 0 Å². The van der Waals surface area contributed by atoms with E-state index in [1.165, 1.54) is 17.4 Å². The van der Waals surface area contributed by atoms with Crippen LogP contribution in [0.4, 0.5) is 5.95 Å². The van der Waals surface area contributed by atoms with Crippen molar-refractivity contribution in [1.82, 2.24) is 15.0 Å². The summed E-state index contributed by atoms with van der Waals surface area (Å²) in [5.74, 6) is -1.15. The van der Waals surface area contributed by atoms with Crippen molar-refractivity contribution in [2.75, 3.05) is 5.32 Å². The largest absolute Gasteiger partial charge is 0.460 e. The average Bonchev–Trinajstić information content (AvgIpc) is 3.38. The van der Waals surface area contributed by atoms with Crippen LogP contribution >= 0.6 is 0 Å². The molecule has 2 amide bonds. The minimum absolute atomic E-state index is 0.0191. The third-order valence-corrected chi connectivity index (χ3v) is 5.43. The van der Waals surface area contributed by atoms with Gasteiger partial charge in [-0.25, -0.2) is 15.0 Å². The number of anilines is 1. The molecule has 2 aliphatic rings. The van der Waals surface area contributed by atoms with Gasteiger partial charge in [0.1, 0.15) is 11.6 Å². The van der Waals surface area contributed by atoms with Crippen molar-refractivity contribution in [1.29, 1.82) is 0 Å². The lowest BCUT2D eigenvalue weighted by Gasteiger charge is -2.27. The fourth-order valence-corrected chi connectivity index (χ4v) is 4.09. The van der Waals surface area contributed by atoms with E-state index in [0.29, 0.717) is 18.8 Å². The topological polar surface area (TPSA) is 114 Å². The second-order valence-electron chi connectivity index (χ2n) is 9.17. The summed E-state index contributed by atoms with van der Waals surface area (Å²) in [5, 5.41) is 8.00. The fourth-order valence-electron chi connectivity index (χ4n) is 4.09. The van der Waals surface area contributed by atoms with Crippen LogP contribution in [0.3, 0.4) is 0 Å². The molecule has 0 saturated heterocycles. The summed E-state index contributed by atoms with van der Waals surface area (Å²) in [7, 11) is 0. The first-order chi connectivity index (χ1) is 14.7. The monoisotopic (exact) mass is 429 g/mol. The van der Waals surface area contributed by atoms with E-state index in [1.54, 1.807) is 33.1 Å². The number of esters is 1. The number of hydrazone groups is 1. The molecular formula is C22H31N5O4. The summed E-state index contributed by atoms with van der Waals surface area (Å²) in [6.45, 7) is 5.40. The second kappa shape index (κ2) is 9.98. The van der Waals surface area contributed by atoms with Gasteiger partial charge in [-0.3, -0.25) is 19.7 Å². The summed E-state index contributed by atoms with van der Waals surface area (Å²) in [5.41, 5.74) is -0.623. The van der Waals surface area contributed by atoms with Crippen molar-refractivity contribution in [2.45, 2.75) is 77.4 Å². The molecule has 1 fully saturated rings. The number of carbonyl (C=O) groups excluding carboxylic acids is 3. The molecule has 0 aromatic carbocycles. The number of rotatable bonds is 7. The smallest absolute Gasteiger partial charge is 0.307 e. The Kier molecular flexibility index (Phi) is 7.35. The van der Waals surface area contributed by atoms with Gasteiger partial charge < -0.3 is 4.74 Å². The molecule has 1 N–H and O–H groups in total. The standard InChI is InChI=1S/C22H31N5O4/c1-22(2,3)31-18(28)14-16(13-15-7-4-5-8-15)20(30)27-17(9-12-25-27)19(29)26-21-23-10-6-11-24-21/h6,10-12,15-17H,4-5,7-9,13-14H2,1-3H3,(H,23,24,26,29)/t16-,17?/m1/s1. The quantitative estimate of drug-likeness (QED) is 0.667. The van der Waals surface area contributed by atoms with Crippen LogP contribution in [0.5, 0.6) is 0 Å². The number of amides is 2. The Hall–Kier alpha value is -2.84. The Morgan fingerprint density at radius 2 is 1.87 bits per heavy atom. The van der Waals surface area contributed by atoms with Crippen LogP contribution < -0.4 is 5.32 Å².